The molecule has 0 fully saturated rings. The maximum absolute atomic E-state index is 12.9. The van der Waals surface area contributed by atoms with Gasteiger partial charge in [0.25, 0.3) is 5.56 Å². The number of rotatable bonds is 5. The van der Waals surface area contributed by atoms with Crippen molar-refractivity contribution in [1.29, 1.82) is 0 Å². The first-order chi connectivity index (χ1) is 13.6. The van der Waals surface area contributed by atoms with Crippen LogP contribution in [0.15, 0.2) is 47.5 Å². The molecule has 0 spiro atoms. The van der Waals surface area contributed by atoms with Crippen molar-refractivity contribution in [2.75, 3.05) is 12.4 Å². The van der Waals surface area contributed by atoms with Gasteiger partial charge in [0.05, 0.1) is 24.2 Å². The van der Waals surface area contributed by atoms with E-state index in [0.29, 0.717) is 24.4 Å². The van der Waals surface area contributed by atoms with Gasteiger partial charge in [-0.1, -0.05) is 30.3 Å². The quantitative estimate of drug-likeness (QED) is 0.667. The second kappa shape index (κ2) is 7.55. The van der Waals surface area contributed by atoms with Crippen molar-refractivity contribution < 1.29 is 9.53 Å². The molecule has 28 heavy (non-hydrogen) atoms. The summed E-state index contributed by atoms with van der Waals surface area (Å²) in [6, 6.07) is 9.26. The Morgan fingerprint density at radius 1 is 1.29 bits per heavy atom. The van der Waals surface area contributed by atoms with Gasteiger partial charge >= 0.3 is 5.97 Å². The molecule has 0 radical (unpaired) electrons. The molecule has 1 aromatic carbocycles. The Balaban J connectivity index is 1.58. The van der Waals surface area contributed by atoms with E-state index >= 15 is 0 Å². The summed E-state index contributed by atoms with van der Waals surface area (Å²) in [5, 5.41) is 4.07. The Labute approximate surface area is 166 Å². The zero-order valence-electron chi connectivity index (χ0n) is 15.6. The van der Waals surface area contributed by atoms with Gasteiger partial charge in [-0.3, -0.25) is 9.36 Å². The summed E-state index contributed by atoms with van der Waals surface area (Å²) >= 11 is 1.58. The number of ether oxygens (including phenoxy) is 1. The average Bonchev–Trinajstić information content (AvgIpc) is 3.38. The first-order valence-corrected chi connectivity index (χ1v) is 9.86. The van der Waals surface area contributed by atoms with Crippen LogP contribution in [0.2, 0.25) is 0 Å². The third kappa shape index (κ3) is 3.31. The monoisotopic (exact) mass is 396 g/mol. The number of carbonyl (C=O) groups excluding carboxylic acids is 1. The van der Waals surface area contributed by atoms with Gasteiger partial charge in [-0.25, -0.2) is 14.8 Å². The first-order valence-electron chi connectivity index (χ1n) is 9.04. The predicted octanol–water partition coefficient (Wildman–Crippen LogP) is 3.20. The van der Waals surface area contributed by atoms with Crippen molar-refractivity contribution >= 4 is 23.0 Å². The number of methoxy groups -OCH3 is 1. The van der Waals surface area contributed by atoms with Crippen molar-refractivity contribution in [2.24, 2.45) is 0 Å². The zero-order chi connectivity index (χ0) is 19.7. The number of hydrogen-bond donors (Lipinski definition) is 1. The lowest BCUT2D eigenvalue weighted by Gasteiger charge is -2.16. The Morgan fingerprint density at radius 2 is 2.07 bits per heavy atom. The van der Waals surface area contributed by atoms with Crippen LogP contribution in [0.1, 0.15) is 36.3 Å². The van der Waals surface area contributed by atoms with E-state index < -0.39 is 12.0 Å². The Morgan fingerprint density at radius 3 is 2.82 bits per heavy atom. The number of nitrogens with one attached hydrogen (secondary N) is 1. The summed E-state index contributed by atoms with van der Waals surface area (Å²) in [4.78, 5) is 34.8. The summed E-state index contributed by atoms with van der Waals surface area (Å²) in [5.74, 6) is 0.194. The summed E-state index contributed by atoms with van der Waals surface area (Å²) < 4.78 is 6.27. The number of esters is 1. The highest BCUT2D eigenvalue weighted by Gasteiger charge is 2.32. The summed E-state index contributed by atoms with van der Waals surface area (Å²) in [7, 11) is 1.33. The molecule has 0 unspecified atom stereocenters. The van der Waals surface area contributed by atoms with E-state index in [1.54, 1.807) is 11.3 Å². The van der Waals surface area contributed by atoms with Crippen LogP contribution in [-0.4, -0.2) is 27.6 Å². The van der Waals surface area contributed by atoms with Crippen LogP contribution in [-0.2, 0) is 16.0 Å². The van der Waals surface area contributed by atoms with E-state index in [1.165, 1.54) is 17.9 Å². The van der Waals surface area contributed by atoms with Crippen LogP contribution in [0, 0.1) is 0 Å². The van der Waals surface area contributed by atoms with Gasteiger partial charge in [0.1, 0.15) is 22.6 Å². The molecule has 0 saturated heterocycles. The molecule has 8 heteroatoms. The average molecular weight is 396 g/mol. The molecular formula is C20H20N4O3S. The van der Waals surface area contributed by atoms with Crippen molar-refractivity contribution in [1.82, 2.24) is 14.5 Å². The van der Waals surface area contributed by atoms with Crippen LogP contribution < -0.4 is 10.9 Å². The molecule has 2 atom stereocenters. The fourth-order valence-electron chi connectivity index (χ4n) is 3.38. The summed E-state index contributed by atoms with van der Waals surface area (Å²) in [6.45, 7) is 1.95. The standard InChI is InChI=1S/C20H20N4O3S/c1-12(18-22-11-16(28-18)13-6-4-3-5-7-13)23-14-10-21-17-9-8-15(20(26)27-2)24(17)19(14)25/h3-7,10-12,15,23H,8-9H2,1-2H3/t12-,15+/m1/s1. The molecule has 0 amide bonds. The van der Waals surface area contributed by atoms with E-state index in [1.807, 2.05) is 43.5 Å². The van der Waals surface area contributed by atoms with Gasteiger partial charge in [0, 0.05) is 12.6 Å². The second-order valence-corrected chi connectivity index (χ2v) is 7.70. The minimum Gasteiger partial charge on any atom is -0.467 e. The number of nitrogens with zero attached hydrogens (tertiary/aromatic N) is 3. The molecule has 0 bridgehead atoms. The topological polar surface area (TPSA) is 86.1 Å². The highest BCUT2D eigenvalue weighted by Crippen LogP contribution is 2.30. The zero-order valence-corrected chi connectivity index (χ0v) is 16.4. The summed E-state index contributed by atoms with van der Waals surface area (Å²) in [5.41, 5.74) is 1.20. The SMILES string of the molecule is COC(=O)[C@@H]1CCc2ncc(N[C@H](C)c3ncc(-c4ccccc4)s3)c(=O)n21. The number of carbonyl (C=O) groups is 1. The normalized spacial score (nSPS) is 16.4. The number of fused-ring (bicyclic) bond motifs is 1. The van der Waals surface area contributed by atoms with Crippen LogP contribution in [0.25, 0.3) is 10.4 Å². The Bertz CT molecular complexity index is 1060. The predicted molar refractivity (Wildman–Crippen MR) is 107 cm³/mol. The maximum Gasteiger partial charge on any atom is 0.329 e. The van der Waals surface area contributed by atoms with Gasteiger partial charge < -0.3 is 10.1 Å². The molecule has 1 N–H and O–H groups in total. The molecule has 1 aliphatic rings. The van der Waals surface area contributed by atoms with Crippen LogP contribution in [0.4, 0.5) is 5.69 Å². The largest absolute Gasteiger partial charge is 0.467 e. The van der Waals surface area contributed by atoms with Gasteiger partial charge in [-0.05, 0) is 18.9 Å². The molecule has 0 aliphatic carbocycles. The van der Waals surface area contributed by atoms with Crippen LogP contribution >= 0.6 is 11.3 Å². The number of aryl methyl sites for hydroxylation is 1. The van der Waals surface area contributed by atoms with E-state index in [9.17, 15) is 9.59 Å². The molecule has 3 heterocycles. The molecular weight excluding hydrogens is 376 g/mol. The van der Waals surface area contributed by atoms with Crippen molar-refractivity contribution in [2.45, 2.75) is 31.8 Å². The molecule has 7 nitrogen and oxygen atoms in total. The minimum absolute atomic E-state index is 0.173. The van der Waals surface area contributed by atoms with Crippen LogP contribution in [0.5, 0.6) is 0 Å². The smallest absolute Gasteiger partial charge is 0.329 e. The van der Waals surface area contributed by atoms with Gasteiger partial charge in [0.15, 0.2) is 0 Å². The number of aromatic nitrogens is 3. The number of anilines is 1. The molecule has 2 aromatic heterocycles. The van der Waals surface area contributed by atoms with E-state index in [4.69, 9.17) is 4.74 Å². The Hall–Kier alpha value is -3.00. The maximum atomic E-state index is 12.9. The highest BCUT2D eigenvalue weighted by atomic mass is 32.1. The fraction of sp³-hybridized carbons (Fsp3) is 0.300. The van der Waals surface area contributed by atoms with E-state index in [-0.39, 0.29) is 11.6 Å². The van der Waals surface area contributed by atoms with Crippen LogP contribution in [0.3, 0.4) is 0 Å². The van der Waals surface area contributed by atoms with Crippen molar-refractivity contribution in [3.05, 3.63) is 63.9 Å². The summed E-state index contributed by atoms with van der Waals surface area (Å²) in [6.07, 6.45) is 4.49. The lowest BCUT2D eigenvalue weighted by Crippen LogP contribution is -2.31. The third-order valence-corrected chi connectivity index (χ3v) is 6.05. The van der Waals surface area contributed by atoms with Gasteiger partial charge in [-0.2, -0.15) is 0 Å². The number of thiazole rings is 1. The molecule has 3 aromatic rings. The molecule has 144 valence electrons. The van der Waals surface area contributed by atoms with Crippen molar-refractivity contribution in [3.63, 3.8) is 0 Å². The first kappa shape index (κ1) is 18.4. The van der Waals surface area contributed by atoms with E-state index in [0.717, 1.165) is 15.4 Å². The Kier molecular flexibility index (Phi) is 4.95. The fourth-order valence-corrected chi connectivity index (χ4v) is 4.31. The van der Waals surface area contributed by atoms with Gasteiger partial charge in [0.2, 0.25) is 0 Å². The van der Waals surface area contributed by atoms with Gasteiger partial charge in [-0.15, -0.1) is 11.3 Å². The lowest BCUT2D eigenvalue weighted by atomic mass is 10.2. The molecule has 4 rings (SSSR count). The van der Waals surface area contributed by atoms with E-state index in [2.05, 4.69) is 15.3 Å². The lowest BCUT2D eigenvalue weighted by molar-refractivity contribution is -0.144. The minimum atomic E-state index is -0.610. The third-order valence-electron chi connectivity index (χ3n) is 4.82. The van der Waals surface area contributed by atoms with Crippen molar-refractivity contribution in [3.8, 4) is 10.4 Å². The number of hydrogen-bond acceptors (Lipinski definition) is 7. The number of benzene rings is 1. The molecule has 0 saturated carbocycles. The second-order valence-electron chi connectivity index (χ2n) is 6.64. The molecule has 1 aliphatic heterocycles. The highest BCUT2D eigenvalue weighted by molar-refractivity contribution is 7.15.